The number of nitrogens with two attached hydrogens (primary N) is 1. The van der Waals surface area contributed by atoms with Crippen molar-refractivity contribution in [3.63, 3.8) is 0 Å². The van der Waals surface area contributed by atoms with Crippen LogP contribution in [0.15, 0.2) is 18.2 Å². The number of hydrogen-bond donors (Lipinski definition) is 1. The molecule has 3 heteroatoms. The molecule has 0 radical (unpaired) electrons. The molecule has 0 aliphatic rings. The molecule has 2 rings (SSSR count). The van der Waals surface area contributed by atoms with Crippen molar-refractivity contribution in [2.24, 2.45) is 0 Å². The van der Waals surface area contributed by atoms with Gasteiger partial charge in [0.15, 0.2) is 0 Å². The summed E-state index contributed by atoms with van der Waals surface area (Å²) >= 11 is 0. The van der Waals surface area contributed by atoms with Crippen molar-refractivity contribution in [1.82, 2.24) is 9.78 Å². The highest BCUT2D eigenvalue weighted by atomic mass is 15.3. The third-order valence-electron chi connectivity index (χ3n) is 3.38. The summed E-state index contributed by atoms with van der Waals surface area (Å²) in [4.78, 5) is 0. The summed E-state index contributed by atoms with van der Waals surface area (Å²) in [6.45, 7) is 9.35. The largest absolute Gasteiger partial charge is 0.398 e. The summed E-state index contributed by atoms with van der Waals surface area (Å²) in [5.41, 5.74) is 12.6. The Morgan fingerprint density at radius 2 is 1.94 bits per heavy atom. The van der Waals surface area contributed by atoms with Gasteiger partial charge in [-0.3, -0.25) is 4.68 Å². The molecular weight excluding hydrogens is 222 g/mol. The average Bonchev–Trinajstić information content (AvgIpc) is 2.59. The van der Waals surface area contributed by atoms with Gasteiger partial charge in [0.1, 0.15) is 0 Å². The molecule has 0 spiro atoms. The summed E-state index contributed by atoms with van der Waals surface area (Å²) in [5.74, 6) is 0. The molecule has 0 atom stereocenters. The highest BCUT2D eigenvalue weighted by molar-refractivity contribution is 5.72. The standard InChI is InChI=1S/C15H21N3/c1-5-8-18-12(4)15(11(3)17-18)13-7-6-10(2)14(16)9-13/h6-7,9H,5,8,16H2,1-4H3. The van der Waals surface area contributed by atoms with Gasteiger partial charge in [0.2, 0.25) is 0 Å². The van der Waals surface area contributed by atoms with E-state index in [9.17, 15) is 0 Å². The fourth-order valence-corrected chi connectivity index (χ4v) is 2.34. The summed E-state index contributed by atoms with van der Waals surface area (Å²) < 4.78 is 2.08. The van der Waals surface area contributed by atoms with Crippen molar-refractivity contribution in [1.29, 1.82) is 0 Å². The first-order chi connectivity index (χ1) is 8.54. The molecule has 0 aliphatic heterocycles. The van der Waals surface area contributed by atoms with Gasteiger partial charge in [-0.1, -0.05) is 19.1 Å². The van der Waals surface area contributed by atoms with Crippen LogP contribution in [0.1, 0.15) is 30.3 Å². The molecule has 1 aromatic heterocycles. The van der Waals surface area contributed by atoms with Crippen LogP contribution in [0.5, 0.6) is 0 Å². The van der Waals surface area contributed by atoms with Crippen molar-refractivity contribution in [3.8, 4) is 11.1 Å². The van der Waals surface area contributed by atoms with E-state index in [0.29, 0.717) is 0 Å². The van der Waals surface area contributed by atoms with Crippen LogP contribution in [-0.4, -0.2) is 9.78 Å². The Bertz CT molecular complexity index is 567. The number of rotatable bonds is 3. The normalized spacial score (nSPS) is 10.9. The molecule has 2 aromatic rings. The van der Waals surface area contributed by atoms with Gasteiger partial charge in [0.25, 0.3) is 0 Å². The van der Waals surface area contributed by atoms with E-state index in [0.717, 1.165) is 35.5 Å². The Morgan fingerprint density at radius 3 is 2.56 bits per heavy atom. The van der Waals surface area contributed by atoms with E-state index in [4.69, 9.17) is 5.73 Å². The molecule has 0 amide bonds. The van der Waals surface area contributed by atoms with Crippen LogP contribution >= 0.6 is 0 Å². The second-order valence-corrected chi connectivity index (χ2v) is 4.84. The quantitative estimate of drug-likeness (QED) is 0.839. The van der Waals surface area contributed by atoms with E-state index in [1.165, 1.54) is 11.3 Å². The Kier molecular flexibility index (Phi) is 3.41. The maximum Gasteiger partial charge on any atom is 0.0674 e. The number of nitrogen functional groups attached to an aromatic ring is 1. The van der Waals surface area contributed by atoms with Gasteiger partial charge < -0.3 is 5.73 Å². The molecule has 0 saturated heterocycles. The summed E-state index contributed by atoms with van der Waals surface area (Å²) in [5, 5.41) is 4.60. The predicted octanol–water partition coefficient (Wildman–Crippen LogP) is 3.47. The Morgan fingerprint density at radius 1 is 1.22 bits per heavy atom. The van der Waals surface area contributed by atoms with Crippen LogP contribution < -0.4 is 5.73 Å². The Hall–Kier alpha value is -1.77. The van der Waals surface area contributed by atoms with Gasteiger partial charge in [0.05, 0.1) is 5.69 Å². The van der Waals surface area contributed by atoms with Crippen LogP contribution in [0.3, 0.4) is 0 Å². The fourth-order valence-electron chi connectivity index (χ4n) is 2.34. The van der Waals surface area contributed by atoms with Crippen LogP contribution in [0.2, 0.25) is 0 Å². The second kappa shape index (κ2) is 4.84. The Labute approximate surface area is 109 Å². The van der Waals surface area contributed by atoms with E-state index in [1.807, 2.05) is 13.0 Å². The monoisotopic (exact) mass is 243 g/mol. The number of nitrogens with zero attached hydrogens (tertiary/aromatic N) is 2. The van der Waals surface area contributed by atoms with Crippen LogP contribution in [0.25, 0.3) is 11.1 Å². The fraction of sp³-hybridized carbons (Fsp3) is 0.400. The molecule has 3 nitrogen and oxygen atoms in total. The van der Waals surface area contributed by atoms with Gasteiger partial charge in [-0.15, -0.1) is 0 Å². The topological polar surface area (TPSA) is 43.8 Å². The first kappa shape index (κ1) is 12.7. The minimum absolute atomic E-state index is 0.842. The first-order valence-electron chi connectivity index (χ1n) is 6.45. The second-order valence-electron chi connectivity index (χ2n) is 4.84. The molecule has 2 N–H and O–H groups in total. The van der Waals surface area contributed by atoms with E-state index in [2.05, 4.69) is 42.7 Å². The van der Waals surface area contributed by atoms with Crippen LogP contribution in [-0.2, 0) is 6.54 Å². The molecule has 1 heterocycles. The van der Waals surface area contributed by atoms with Crippen LogP contribution in [0, 0.1) is 20.8 Å². The maximum atomic E-state index is 6.00. The first-order valence-corrected chi connectivity index (χ1v) is 6.45. The van der Waals surface area contributed by atoms with E-state index in [1.54, 1.807) is 0 Å². The lowest BCUT2D eigenvalue weighted by Crippen LogP contribution is -2.01. The van der Waals surface area contributed by atoms with Crippen molar-refractivity contribution in [2.75, 3.05) is 5.73 Å². The molecule has 0 aliphatic carbocycles. The highest BCUT2D eigenvalue weighted by Crippen LogP contribution is 2.29. The molecule has 0 bridgehead atoms. The predicted molar refractivity (Wildman–Crippen MR) is 76.6 cm³/mol. The average molecular weight is 243 g/mol. The number of benzene rings is 1. The molecule has 1 aromatic carbocycles. The minimum atomic E-state index is 0.842. The van der Waals surface area contributed by atoms with Crippen molar-refractivity contribution in [2.45, 2.75) is 40.7 Å². The molecule has 18 heavy (non-hydrogen) atoms. The number of aryl methyl sites for hydroxylation is 3. The van der Waals surface area contributed by atoms with E-state index in [-0.39, 0.29) is 0 Å². The highest BCUT2D eigenvalue weighted by Gasteiger charge is 2.13. The smallest absolute Gasteiger partial charge is 0.0674 e. The van der Waals surface area contributed by atoms with E-state index >= 15 is 0 Å². The number of hydrogen-bond acceptors (Lipinski definition) is 2. The molecule has 0 unspecified atom stereocenters. The van der Waals surface area contributed by atoms with Crippen molar-refractivity contribution in [3.05, 3.63) is 35.2 Å². The maximum absolute atomic E-state index is 6.00. The molecular formula is C15H21N3. The zero-order valence-electron chi connectivity index (χ0n) is 11.6. The lowest BCUT2D eigenvalue weighted by molar-refractivity contribution is 0.583. The zero-order valence-corrected chi connectivity index (χ0v) is 11.6. The van der Waals surface area contributed by atoms with Gasteiger partial charge in [-0.25, -0.2) is 0 Å². The summed E-state index contributed by atoms with van der Waals surface area (Å²) in [6, 6.07) is 6.24. The van der Waals surface area contributed by atoms with Gasteiger partial charge in [0, 0.05) is 23.5 Å². The third kappa shape index (κ3) is 2.13. The summed E-state index contributed by atoms with van der Waals surface area (Å²) in [7, 11) is 0. The van der Waals surface area contributed by atoms with Crippen molar-refractivity contribution < 1.29 is 0 Å². The molecule has 0 fully saturated rings. The van der Waals surface area contributed by atoms with E-state index < -0.39 is 0 Å². The lowest BCUT2D eigenvalue weighted by Gasteiger charge is -2.07. The minimum Gasteiger partial charge on any atom is -0.398 e. The van der Waals surface area contributed by atoms with Crippen molar-refractivity contribution >= 4 is 5.69 Å². The van der Waals surface area contributed by atoms with Crippen LogP contribution in [0.4, 0.5) is 5.69 Å². The van der Waals surface area contributed by atoms with Gasteiger partial charge in [-0.05, 0) is 44.4 Å². The SMILES string of the molecule is CCCn1nc(C)c(-c2ccc(C)c(N)c2)c1C. The van der Waals surface area contributed by atoms with Gasteiger partial charge >= 0.3 is 0 Å². The Balaban J connectivity index is 2.53. The lowest BCUT2D eigenvalue weighted by atomic mass is 10.0. The number of anilines is 1. The summed E-state index contributed by atoms with van der Waals surface area (Å²) in [6.07, 6.45) is 1.09. The molecule has 0 saturated carbocycles. The third-order valence-corrected chi connectivity index (χ3v) is 3.38. The molecule has 96 valence electrons. The van der Waals surface area contributed by atoms with Gasteiger partial charge in [-0.2, -0.15) is 5.10 Å². The zero-order chi connectivity index (χ0) is 13.3. The number of aromatic nitrogens is 2.